The van der Waals surface area contributed by atoms with Gasteiger partial charge in [0.25, 0.3) is 0 Å². The van der Waals surface area contributed by atoms with E-state index in [1.807, 2.05) is 4.90 Å². The molecular formula is C18H26N2O2. The maximum Gasteiger partial charge on any atom is 0.228 e. The fourth-order valence-corrected chi connectivity index (χ4v) is 3.58. The number of carbonyl (C=O) groups excluding carboxylic acids is 1. The number of carbonyl (C=O) groups is 1. The number of hydrogen-bond acceptors (Lipinski definition) is 3. The molecule has 4 nitrogen and oxygen atoms in total. The summed E-state index contributed by atoms with van der Waals surface area (Å²) in [5.41, 5.74) is 8.10. The molecule has 2 aliphatic heterocycles. The fraction of sp³-hybridized carbons (Fsp3) is 0.611. The number of benzene rings is 1. The second-order valence-electron chi connectivity index (χ2n) is 6.63. The van der Waals surface area contributed by atoms with E-state index in [1.54, 1.807) is 0 Å². The SMILES string of the molecule is Cc1ccc([C@@H]2OCCC[C@H]2C(=O)N2CC[C@H](CN)C2)cc1. The monoisotopic (exact) mass is 302 g/mol. The van der Waals surface area contributed by atoms with Crippen LogP contribution in [0.4, 0.5) is 0 Å². The zero-order chi connectivity index (χ0) is 15.5. The van der Waals surface area contributed by atoms with Gasteiger partial charge in [0.1, 0.15) is 0 Å². The van der Waals surface area contributed by atoms with Crippen molar-refractivity contribution in [3.8, 4) is 0 Å². The zero-order valence-corrected chi connectivity index (χ0v) is 13.3. The van der Waals surface area contributed by atoms with Crippen LogP contribution in [-0.4, -0.2) is 37.0 Å². The smallest absolute Gasteiger partial charge is 0.228 e. The Morgan fingerprint density at radius 2 is 2.09 bits per heavy atom. The van der Waals surface area contributed by atoms with Crippen molar-refractivity contribution in [3.05, 3.63) is 35.4 Å². The first-order valence-electron chi connectivity index (χ1n) is 8.36. The van der Waals surface area contributed by atoms with Crippen LogP contribution < -0.4 is 5.73 Å². The van der Waals surface area contributed by atoms with Gasteiger partial charge in [-0.1, -0.05) is 29.8 Å². The van der Waals surface area contributed by atoms with Crippen LogP contribution in [0.1, 0.15) is 36.5 Å². The predicted molar refractivity (Wildman–Crippen MR) is 86.3 cm³/mol. The van der Waals surface area contributed by atoms with Crippen LogP contribution in [0.5, 0.6) is 0 Å². The van der Waals surface area contributed by atoms with E-state index in [2.05, 4.69) is 31.2 Å². The molecule has 0 aliphatic carbocycles. The fourth-order valence-electron chi connectivity index (χ4n) is 3.58. The highest BCUT2D eigenvalue weighted by molar-refractivity contribution is 5.80. The molecule has 1 aromatic carbocycles. The third-order valence-electron chi connectivity index (χ3n) is 4.98. The molecule has 0 bridgehead atoms. The summed E-state index contributed by atoms with van der Waals surface area (Å²) in [6, 6.07) is 8.38. The Bertz CT molecular complexity index is 514. The Kier molecular flexibility index (Phi) is 4.79. The van der Waals surface area contributed by atoms with E-state index in [0.717, 1.165) is 44.5 Å². The summed E-state index contributed by atoms with van der Waals surface area (Å²) in [6.07, 6.45) is 2.82. The number of nitrogens with zero attached hydrogens (tertiary/aromatic N) is 1. The first-order chi connectivity index (χ1) is 10.7. The summed E-state index contributed by atoms with van der Waals surface area (Å²) in [4.78, 5) is 14.9. The van der Waals surface area contributed by atoms with Gasteiger partial charge in [0.2, 0.25) is 5.91 Å². The molecule has 2 fully saturated rings. The lowest BCUT2D eigenvalue weighted by molar-refractivity contribution is -0.144. The van der Waals surface area contributed by atoms with Gasteiger partial charge in [-0.3, -0.25) is 4.79 Å². The molecular weight excluding hydrogens is 276 g/mol. The highest BCUT2D eigenvalue weighted by Crippen LogP contribution is 2.36. The van der Waals surface area contributed by atoms with Crippen molar-refractivity contribution >= 4 is 5.91 Å². The van der Waals surface area contributed by atoms with E-state index < -0.39 is 0 Å². The summed E-state index contributed by atoms with van der Waals surface area (Å²) in [7, 11) is 0. The molecule has 2 aliphatic rings. The molecule has 1 amide bonds. The quantitative estimate of drug-likeness (QED) is 0.932. The second kappa shape index (κ2) is 6.80. The Hall–Kier alpha value is -1.39. The van der Waals surface area contributed by atoms with Crippen LogP contribution in [-0.2, 0) is 9.53 Å². The van der Waals surface area contributed by atoms with Gasteiger partial charge in [-0.15, -0.1) is 0 Å². The number of rotatable bonds is 3. The van der Waals surface area contributed by atoms with Crippen molar-refractivity contribution in [1.29, 1.82) is 0 Å². The Morgan fingerprint density at radius 3 is 2.77 bits per heavy atom. The average Bonchev–Trinajstić information content (AvgIpc) is 3.04. The van der Waals surface area contributed by atoms with E-state index in [-0.39, 0.29) is 17.9 Å². The molecule has 0 radical (unpaired) electrons. The Labute approximate surface area is 132 Å². The first-order valence-corrected chi connectivity index (χ1v) is 8.36. The third-order valence-corrected chi connectivity index (χ3v) is 4.98. The van der Waals surface area contributed by atoms with Gasteiger partial charge in [0.15, 0.2) is 0 Å². The lowest BCUT2D eigenvalue weighted by Crippen LogP contribution is -2.40. The van der Waals surface area contributed by atoms with Gasteiger partial charge in [-0.25, -0.2) is 0 Å². The normalized spacial score (nSPS) is 28.8. The molecule has 120 valence electrons. The van der Waals surface area contributed by atoms with E-state index in [9.17, 15) is 4.79 Å². The minimum Gasteiger partial charge on any atom is -0.373 e. The van der Waals surface area contributed by atoms with E-state index in [4.69, 9.17) is 10.5 Å². The summed E-state index contributed by atoms with van der Waals surface area (Å²) >= 11 is 0. The Morgan fingerprint density at radius 1 is 1.32 bits per heavy atom. The molecule has 4 heteroatoms. The van der Waals surface area contributed by atoms with Gasteiger partial charge < -0.3 is 15.4 Å². The van der Waals surface area contributed by atoms with Gasteiger partial charge in [-0.2, -0.15) is 0 Å². The van der Waals surface area contributed by atoms with E-state index in [1.165, 1.54) is 5.56 Å². The van der Waals surface area contributed by atoms with Crippen molar-refractivity contribution < 1.29 is 9.53 Å². The van der Waals surface area contributed by atoms with Crippen molar-refractivity contribution in [2.45, 2.75) is 32.3 Å². The van der Waals surface area contributed by atoms with Crippen LogP contribution in [0.3, 0.4) is 0 Å². The van der Waals surface area contributed by atoms with E-state index >= 15 is 0 Å². The van der Waals surface area contributed by atoms with Crippen LogP contribution >= 0.6 is 0 Å². The van der Waals surface area contributed by atoms with Crippen molar-refractivity contribution in [2.75, 3.05) is 26.2 Å². The first kappa shape index (κ1) is 15.5. The van der Waals surface area contributed by atoms with Gasteiger partial charge >= 0.3 is 0 Å². The lowest BCUT2D eigenvalue weighted by atomic mass is 9.88. The number of ether oxygens (including phenoxy) is 1. The van der Waals surface area contributed by atoms with E-state index in [0.29, 0.717) is 12.5 Å². The summed E-state index contributed by atoms with van der Waals surface area (Å²) in [6.45, 7) is 5.15. The lowest BCUT2D eigenvalue weighted by Gasteiger charge is -2.34. The molecule has 0 saturated carbocycles. The molecule has 0 aromatic heterocycles. The molecule has 2 saturated heterocycles. The molecule has 0 unspecified atom stereocenters. The van der Waals surface area contributed by atoms with Crippen molar-refractivity contribution in [2.24, 2.45) is 17.6 Å². The van der Waals surface area contributed by atoms with Gasteiger partial charge in [0.05, 0.1) is 12.0 Å². The molecule has 0 spiro atoms. The van der Waals surface area contributed by atoms with Gasteiger partial charge in [0, 0.05) is 19.7 Å². The number of amides is 1. The maximum absolute atomic E-state index is 12.9. The highest BCUT2D eigenvalue weighted by atomic mass is 16.5. The standard InChI is InChI=1S/C18H26N2O2/c1-13-4-6-15(7-5-13)17-16(3-2-10-22-17)18(21)20-9-8-14(11-19)12-20/h4-7,14,16-17H,2-3,8-12,19H2,1H3/t14-,16-,17+/m1/s1. The molecule has 3 rings (SSSR count). The van der Waals surface area contributed by atoms with Crippen molar-refractivity contribution in [3.63, 3.8) is 0 Å². The average molecular weight is 302 g/mol. The van der Waals surface area contributed by atoms with Crippen LogP contribution in [0.15, 0.2) is 24.3 Å². The summed E-state index contributed by atoms with van der Waals surface area (Å²) in [5, 5.41) is 0. The van der Waals surface area contributed by atoms with Crippen molar-refractivity contribution in [1.82, 2.24) is 4.90 Å². The molecule has 3 atom stereocenters. The minimum atomic E-state index is -0.0984. The highest BCUT2D eigenvalue weighted by Gasteiger charge is 2.37. The number of hydrogen-bond donors (Lipinski definition) is 1. The Balaban J connectivity index is 1.75. The maximum atomic E-state index is 12.9. The van der Waals surface area contributed by atoms with Crippen LogP contribution in [0.2, 0.25) is 0 Å². The molecule has 2 N–H and O–H groups in total. The zero-order valence-electron chi connectivity index (χ0n) is 13.3. The van der Waals surface area contributed by atoms with Crippen LogP contribution in [0, 0.1) is 18.8 Å². The predicted octanol–water partition coefficient (Wildman–Crippen LogP) is 2.27. The number of likely N-dealkylation sites (tertiary alicyclic amines) is 1. The number of aryl methyl sites for hydroxylation is 1. The largest absolute Gasteiger partial charge is 0.373 e. The van der Waals surface area contributed by atoms with Crippen LogP contribution in [0.25, 0.3) is 0 Å². The second-order valence-corrected chi connectivity index (χ2v) is 6.63. The van der Waals surface area contributed by atoms with Gasteiger partial charge in [-0.05, 0) is 44.2 Å². The molecule has 2 heterocycles. The minimum absolute atomic E-state index is 0.0482. The molecule has 22 heavy (non-hydrogen) atoms. The topological polar surface area (TPSA) is 55.6 Å². The number of nitrogens with two attached hydrogens (primary N) is 1. The summed E-state index contributed by atoms with van der Waals surface area (Å²) < 4.78 is 5.98. The molecule has 1 aromatic rings. The summed E-state index contributed by atoms with van der Waals surface area (Å²) in [5.74, 6) is 0.667. The third kappa shape index (κ3) is 3.18.